The molecule has 9 heteroatoms. The molecule has 0 saturated carbocycles. The quantitative estimate of drug-likeness (QED) is 0.336. The van der Waals surface area contributed by atoms with Gasteiger partial charge in [0.1, 0.15) is 9.75 Å². The van der Waals surface area contributed by atoms with Gasteiger partial charge in [0.2, 0.25) is 0 Å². The predicted octanol–water partition coefficient (Wildman–Crippen LogP) is 4.57. The van der Waals surface area contributed by atoms with Crippen LogP contribution in [0.15, 0.2) is 12.1 Å². The summed E-state index contributed by atoms with van der Waals surface area (Å²) in [6, 6.07) is 3.58. The van der Waals surface area contributed by atoms with Gasteiger partial charge in [-0.1, -0.05) is 0 Å². The number of ether oxygens (including phenoxy) is 4. The number of aryl methyl sites for hydroxylation is 2. The Morgan fingerprint density at radius 2 is 1.41 bits per heavy atom. The third kappa shape index (κ3) is 7.04. The van der Waals surface area contributed by atoms with E-state index in [9.17, 15) is 14.4 Å². The second-order valence-electron chi connectivity index (χ2n) is 5.67. The van der Waals surface area contributed by atoms with Crippen LogP contribution in [0.1, 0.15) is 65.2 Å². The number of aldehydes is 1. The van der Waals surface area contributed by atoms with E-state index in [2.05, 4.69) is 4.74 Å². The molecule has 0 aliphatic rings. The average Bonchev–Trinajstić information content (AvgIpc) is 3.29. The van der Waals surface area contributed by atoms with E-state index in [1.165, 1.54) is 25.6 Å². The minimum absolute atomic E-state index is 0.314. The van der Waals surface area contributed by atoms with Crippen molar-refractivity contribution in [2.24, 2.45) is 0 Å². The van der Waals surface area contributed by atoms with Gasteiger partial charge in [0, 0.05) is 13.2 Å². The van der Waals surface area contributed by atoms with Crippen molar-refractivity contribution in [2.75, 3.05) is 27.4 Å². The van der Waals surface area contributed by atoms with Gasteiger partial charge in [-0.2, -0.15) is 0 Å². The normalized spacial score (nSPS) is 10.3. The van der Waals surface area contributed by atoms with Gasteiger partial charge in [-0.25, -0.2) is 9.59 Å². The molecule has 0 aromatic carbocycles. The van der Waals surface area contributed by atoms with E-state index in [4.69, 9.17) is 14.2 Å². The maximum atomic E-state index is 11.5. The SMILES string of the molecule is CCOC(OCC)c1cc(C)c(C(=O)OC)s1.COC(=O)c1sc(C=O)cc1C. The average molecular weight is 443 g/mol. The number of methoxy groups -OCH3 is 2. The monoisotopic (exact) mass is 442 g/mol. The first-order valence-electron chi connectivity index (χ1n) is 8.88. The van der Waals surface area contributed by atoms with Crippen LogP contribution >= 0.6 is 22.7 Å². The van der Waals surface area contributed by atoms with E-state index in [0.717, 1.165) is 33.6 Å². The second kappa shape index (κ2) is 12.5. The van der Waals surface area contributed by atoms with Crippen LogP contribution < -0.4 is 0 Å². The Bertz CT molecular complexity index is 817. The summed E-state index contributed by atoms with van der Waals surface area (Å²) in [7, 11) is 2.70. The topological polar surface area (TPSA) is 88.1 Å². The number of carbonyl (C=O) groups excluding carboxylic acids is 3. The third-order valence-corrected chi connectivity index (χ3v) is 5.98. The standard InChI is InChI=1S/C12H18O4S.C8H8O3S/c1-5-15-12(16-6-2)9-7-8(3)10(17-9)11(13)14-4;1-5-3-6(4-9)12-7(5)8(10)11-2/h7,12H,5-6H2,1-4H3;3-4H,1-2H3. The fourth-order valence-corrected chi connectivity index (χ4v) is 4.29. The van der Waals surface area contributed by atoms with E-state index in [0.29, 0.717) is 27.8 Å². The zero-order valence-electron chi connectivity index (χ0n) is 17.4. The molecule has 0 aliphatic carbocycles. The minimum Gasteiger partial charge on any atom is -0.465 e. The van der Waals surface area contributed by atoms with E-state index in [1.807, 2.05) is 26.8 Å². The first-order chi connectivity index (χ1) is 13.8. The van der Waals surface area contributed by atoms with Crippen molar-refractivity contribution in [2.45, 2.75) is 34.0 Å². The van der Waals surface area contributed by atoms with Crippen LogP contribution in [0.25, 0.3) is 0 Å². The van der Waals surface area contributed by atoms with Crippen LogP contribution in [0.4, 0.5) is 0 Å². The molecule has 2 rings (SSSR count). The van der Waals surface area contributed by atoms with Crippen LogP contribution in [-0.4, -0.2) is 45.7 Å². The number of rotatable bonds is 8. The van der Waals surface area contributed by atoms with Crippen molar-refractivity contribution in [1.82, 2.24) is 0 Å². The van der Waals surface area contributed by atoms with Crippen molar-refractivity contribution in [1.29, 1.82) is 0 Å². The molecular weight excluding hydrogens is 416 g/mol. The van der Waals surface area contributed by atoms with Crippen molar-refractivity contribution in [3.63, 3.8) is 0 Å². The molecule has 0 amide bonds. The Balaban J connectivity index is 0.000000308. The van der Waals surface area contributed by atoms with Gasteiger partial charge in [-0.15, -0.1) is 22.7 Å². The zero-order valence-corrected chi connectivity index (χ0v) is 19.0. The fourth-order valence-electron chi connectivity index (χ4n) is 2.29. The summed E-state index contributed by atoms with van der Waals surface area (Å²) in [4.78, 5) is 35.4. The van der Waals surface area contributed by atoms with E-state index in [1.54, 1.807) is 13.0 Å². The highest BCUT2D eigenvalue weighted by molar-refractivity contribution is 7.15. The first-order valence-corrected chi connectivity index (χ1v) is 10.5. The summed E-state index contributed by atoms with van der Waals surface area (Å²) in [5, 5.41) is 0. The van der Waals surface area contributed by atoms with Gasteiger partial charge < -0.3 is 18.9 Å². The lowest BCUT2D eigenvalue weighted by Gasteiger charge is -2.14. The van der Waals surface area contributed by atoms with Gasteiger partial charge in [0.15, 0.2) is 12.6 Å². The molecule has 0 saturated heterocycles. The summed E-state index contributed by atoms with van der Waals surface area (Å²) in [5.74, 6) is -0.698. The second-order valence-corrected chi connectivity index (χ2v) is 7.83. The molecular formula is C20H26O7S2. The highest BCUT2D eigenvalue weighted by Gasteiger charge is 2.20. The molecule has 160 valence electrons. The Kier molecular flexibility index (Phi) is 10.7. The van der Waals surface area contributed by atoms with Gasteiger partial charge in [0.25, 0.3) is 0 Å². The van der Waals surface area contributed by atoms with Crippen molar-refractivity contribution in [3.8, 4) is 0 Å². The van der Waals surface area contributed by atoms with Crippen molar-refractivity contribution in [3.05, 3.63) is 42.8 Å². The zero-order chi connectivity index (χ0) is 22.0. The number of esters is 2. The van der Waals surface area contributed by atoms with Crippen molar-refractivity contribution < 1.29 is 33.3 Å². The van der Waals surface area contributed by atoms with Crippen LogP contribution in [-0.2, 0) is 18.9 Å². The Morgan fingerprint density at radius 1 is 0.931 bits per heavy atom. The summed E-state index contributed by atoms with van der Waals surface area (Å²) in [5.41, 5.74) is 1.68. The first kappa shape index (κ1) is 25.0. The van der Waals surface area contributed by atoms with E-state index >= 15 is 0 Å². The number of hydrogen-bond acceptors (Lipinski definition) is 9. The summed E-state index contributed by atoms with van der Waals surface area (Å²) < 4.78 is 20.2. The summed E-state index contributed by atoms with van der Waals surface area (Å²) in [6.45, 7) is 8.60. The van der Waals surface area contributed by atoms with Gasteiger partial charge in [-0.3, -0.25) is 4.79 Å². The van der Waals surface area contributed by atoms with Gasteiger partial charge in [0.05, 0.1) is 24.0 Å². The van der Waals surface area contributed by atoms with Crippen LogP contribution in [0, 0.1) is 13.8 Å². The molecule has 0 atom stereocenters. The maximum absolute atomic E-state index is 11.5. The molecule has 29 heavy (non-hydrogen) atoms. The van der Waals surface area contributed by atoms with Crippen LogP contribution in [0.3, 0.4) is 0 Å². The lowest BCUT2D eigenvalue weighted by atomic mass is 10.2. The summed E-state index contributed by atoms with van der Waals surface area (Å²) >= 11 is 2.51. The molecule has 2 aromatic rings. The Labute approximate surface area is 178 Å². The molecule has 2 heterocycles. The third-order valence-electron chi connectivity index (χ3n) is 3.60. The molecule has 0 radical (unpaired) electrons. The predicted molar refractivity (Wildman–Crippen MR) is 112 cm³/mol. The van der Waals surface area contributed by atoms with Crippen LogP contribution in [0.2, 0.25) is 0 Å². The van der Waals surface area contributed by atoms with E-state index in [-0.39, 0.29) is 11.9 Å². The molecule has 7 nitrogen and oxygen atoms in total. The fraction of sp³-hybridized carbons (Fsp3) is 0.450. The Hall–Kier alpha value is -2.07. The van der Waals surface area contributed by atoms with Gasteiger partial charge in [-0.05, 0) is 51.0 Å². The largest absolute Gasteiger partial charge is 0.465 e. The smallest absolute Gasteiger partial charge is 0.348 e. The molecule has 0 bridgehead atoms. The number of thiophene rings is 2. The van der Waals surface area contributed by atoms with Crippen molar-refractivity contribution >= 4 is 40.9 Å². The lowest BCUT2D eigenvalue weighted by molar-refractivity contribution is -0.138. The van der Waals surface area contributed by atoms with Crippen LogP contribution in [0.5, 0.6) is 0 Å². The highest BCUT2D eigenvalue weighted by atomic mass is 32.1. The number of hydrogen-bond donors (Lipinski definition) is 0. The highest BCUT2D eigenvalue weighted by Crippen LogP contribution is 2.30. The Morgan fingerprint density at radius 3 is 1.83 bits per heavy atom. The molecule has 2 aromatic heterocycles. The molecule has 0 fully saturated rings. The molecule has 0 spiro atoms. The van der Waals surface area contributed by atoms with E-state index < -0.39 is 6.29 Å². The molecule has 0 N–H and O–H groups in total. The molecule has 0 aliphatic heterocycles. The minimum atomic E-state index is -0.396. The molecule has 0 unspecified atom stereocenters. The summed E-state index contributed by atoms with van der Waals surface area (Å²) in [6.07, 6.45) is 0.330. The maximum Gasteiger partial charge on any atom is 0.348 e. The number of carbonyl (C=O) groups is 3. The van der Waals surface area contributed by atoms with Gasteiger partial charge >= 0.3 is 11.9 Å². The lowest BCUT2D eigenvalue weighted by Crippen LogP contribution is -2.07.